The first-order valence-electron chi connectivity index (χ1n) is 9.05. The summed E-state index contributed by atoms with van der Waals surface area (Å²) in [6, 6.07) is 2.53. The number of amidine groups is 1. The van der Waals surface area contributed by atoms with Crippen LogP contribution in [0, 0.1) is 0 Å². The van der Waals surface area contributed by atoms with Crippen molar-refractivity contribution in [3.63, 3.8) is 0 Å². The molecule has 9 nitrogen and oxygen atoms in total. The second-order valence-electron chi connectivity index (χ2n) is 7.75. The number of carbonyl (C=O) groups excluding carboxylic acids is 1. The number of allylic oxidation sites excluding steroid dienone is 2. The maximum Gasteiger partial charge on any atom is 0.413 e. The molecule has 1 amide bonds. The van der Waals surface area contributed by atoms with E-state index in [0.717, 1.165) is 10.6 Å². The van der Waals surface area contributed by atoms with Crippen molar-refractivity contribution in [3.8, 4) is 0 Å². The molecule has 0 bridgehead atoms. The Morgan fingerprint density at radius 1 is 1.33 bits per heavy atom. The molecule has 0 spiro atoms. The monoisotopic (exact) mass is 413 g/mol. The summed E-state index contributed by atoms with van der Waals surface area (Å²) in [5.74, 6) is -3.92. The second kappa shape index (κ2) is 6.82. The van der Waals surface area contributed by atoms with Gasteiger partial charge in [0.1, 0.15) is 25.3 Å². The number of halogens is 2. The molecule has 0 aliphatic carbocycles. The van der Waals surface area contributed by atoms with Gasteiger partial charge >= 0.3 is 12.0 Å². The van der Waals surface area contributed by atoms with E-state index in [0.29, 0.717) is 5.47 Å². The number of hydrazone groups is 1. The van der Waals surface area contributed by atoms with Gasteiger partial charge in [-0.05, 0) is 39.0 Å². The van der Waals surface area contributed by atoms with Crippen molar-refractivity contribution < 1.29 is 18.3 Å². The summed E-state index contributed by atoms with van der Waals surface area (Å²) >= 11 is 0. The van der Waals surface area contributed by atoms with Crippen LogP contribution in [-0.2, 0) is 10.7 Å². The van der Waals surface area contributed by atoms with Gasteiger partial charge in [-0.2, -0.15) is 19.0 Å². The van der Waals surface area contributed by atoms with Crippen molar-refractivity contribution in [2.45, 2.75) is 38.5 Å². The Morgan fingerprint density at radius 3 is 2.83 bits per heavy atom. The number of hydrogen-bond acceptors (Lipinski definition) is 7. The molecule has 2 aliphatic rings. The highest BCUT2D eigenvalue weighted by atomic mass is 19.3. The number of fused-ring (bicyclic) bond motifs is 2. The lowest BCUT2D eigenvalue weighted by atomic mass is 9.94. The van der Waals surface area contributed by atoms with Crippen LogP contribution in [-0.4, -0.2) is 51.0 Å². The smallest absolute Gasteiger partial charge is 0.413 e. The average Bonchev–Trinajstić information content (AvgIpc) is 3.22. The predicted octanol–water partition coefficient (Wildman–Crippen LogP) is 2.29. The third-order valence-electron chi connectivity index (χ3n) is 4.16. The van der Waals surface area contributed by atoms with E-state index in [4.69, 9.17) is 12.6 Å². The third-order valence-corrected chi connectivity index (χ3v) is 4.16. The van der Waals surface area contributed by atoms with Gasteiger partial charge in [-0.25, -0.2) is 14.3 Å². The minimum absolute atomic E-state index is 0.119. The molecular weight excluding hydrogens is 395 g/mol. The lowest BCUT2D eigenvalue weighted by Crippen LogP contribution is -2.43. The first-order chi connectivity index (χ1) is 14.0. The Morgan fingerprint density at radius 2 is 2.10 bits per heavy atom. The SMILES string of the molecule is [B]C1=CN2C(C(F)(F)c3ccc4nc(NC(=O)OC(C)(C)C)cn4n3)=NNC2C=C1. The molecule has 1 atom stereocenters. The van der Waals surface area contributed by atoms with Crippen molar-refractivity contribution in [1.29, 1.82) is 0 Å². The third kappa shape index (κ3) is 3.72. The molecule has 30 heavy (non-hydrogen) atoms. The van der Waals surface area contributed by atoms with Gasteiger partial charge in [-0.1, -0.05) is 11.5 Å². The first kappa shape index (κ1) is 19.9. The first-order valence-corrected chi connectivity index (χ1v) is 9.05. The number of amides is 1. The van der Waals surface area contributed by atoms with Crippen molar-refractivity contribution in [1.82, 2.24) is 24.9 Å². The number of imidazole rings is 1. The summed E-state index contributed by atoms with van der Waals surface area (Å²) in [7, 11) is 5.72. The van der Waals surface area contributed by atoms with E-state index in [2.05, 4.69) is 25.9 Å². The fraction of sp³-hybridized carbons (Fsp3) is 0.333. The Labute approximate surface area is 171 Å². The fourth-order valence-electron chi connectivity index (χ4n) is 2.93. The quantitative estimate of drug-likeness (QED) is 0.750. The molecule has 4 rings (SSSR count). The molecule has 0 saturated carbocycles. The maximum absolute atomic E-state index is 15.2. The number of hydrogen-bond donors (Lipinski definition) is 2. The minimum atomic E-state index is -3.51. The van der Waals surface area contributed by atoms with E-state index in [1.807, 2.05) is 0 Å². The number of carbonyl (C=O) groups is 1. The van der Waals surface area contributed by atoms with Crippen LogP contribution < -0.4 is 10.7 Å². The molecule has 2 aromatic heterocycles. The topological polar surface area (TPSA) is 96.2 Å². The number of nitrogens with one attached hydrogen (secondary N) is 2. The van der Waals surface area contributed by atoms with Gasteiger partial charge in [0.05, 0.1) is 6.20 Å². The van der Waals surface area contributed by atoms with Gasteiger partial charge in [0.25, 0.3) is 0 Å². The Balaban J connectivity index is 1.59. The highest BCUT2D eigenvalue weighted by Gasteiger charge is 2.47. The summed E-state index contributed by atoms with van der Waals surface area (Å²) < 4.78 is 36.7. The van der Waals surface area contributed by atoms with Gasteiger partial charge in [0, 0.05) is 6.20 Å². The summed E-state index contributed by atoms with van der Waals surface area (Å²) in [5.41, 5.74) is 2.00. The van der Waals surface area contributed by atoms with E-state index in [1.165, 1.54) is 23.4 Å². The number of ether oxygens (including phenoxy) is 1. The van der Waals surface area contributed by atoms with Crippen LogP contribution in [0.15, 0.2) is 47.3 Å². The maximum atomic E-state index is 15.2. The molecule has 2 aromatic rings. The summed E-state index contributed by atoms with van der Waals surface area (Å²) in [5, 5.41) is 10.2. The van der Waals surface area contributed by atoms with E-state index in [-0.39, 0.29) is 11.5 Å². The van der Waals surface area contributed by atoms with Gasteiger partial charge < -0.3 is 9.64 Å². The molecule has 1 unspecified atom stereocenters. The molecule has 2 aliphatic heterocycles. The number of rotatable bonds is 3. The largest absolute Gasteiger partial charge is 0.444 e. The second-order valence-corrected chi connectivity index (χ2v) is 7.75. The highest BCUT2D eigenvalue weighted by molar-refractivity contribution is 6.23. The molecule has 0 fully saturated rings. The number of alkyl halides is 2. The zero-order valence-electron chi connectivity index (χ0n) is 16.4. The highest BCUT2D eigenvalue weighted by Crippen LogP contribution is 2.33. The predicted molar refractivity (Wildman–Crippen MR) is 106 cm³/mol. The van der Waals surface area contributed by atoms with Gasteiger partial charge in [0.15, 0.2) is 11.5 Å². The lowest BCUT2D eigenvalue weighted by molar-refractivity contribution is 0.0583. The summed E-state index contributed by atoms with van der Waals surface area (Å²) in [6.45, 7) is 5.16. The van der Waals surface area contributed by atoms with Crippen LogP contribution in [0.25, 0.3) is 5.65 Å². The average molecular weight is 413 g/mol. The van der Waals surface area contributed by atoms with Crippen LogP contribution in [0.1, 0.15) is 26.5 Å². The normalized spacial score (nSPS) is 18.6. The molecule has 2 radical (unpaired) electrons. The molecule has 4 heterocycles. The van der Waals surface area contributed by atoms with Gasteiger partial charge in [-0.15, -0.1) is 0 Å². The zero-order chi connectivity index (χ0) is 21.7. The molecule has 2 N–H and O–H groups in total. The van der Waals surface area contributed by atoms with Crippen molar-refractivity contribution in [2.75, 3.05) is 5.32 Å². The van der Waals surface area contributed by atoms with Crippen molar-refractivity contribution >= 4 is 31.2 Å². The standard InChI is InChI=1S/C18H18BF2N7O2/c1-17(2,3)30-16(29)23-12-9-28-13(22-12)7-5-11(26-28)18(20,21)15-25-24-14-6-4-10(19)8-27(14)15/h4-9,14,24H,1-3H3,(H,23,29). The van der Waals surface area contributed by atoms with Gasteiger partial charge in [-0.3, -0.25) is 10.7 Å². The molecule has 154 valence electrons. The van der Waals surface area contributed by atoms with E-state index >= 15 is 8.78 Å². The van der Waals surface area contributed by atoms with E-state index in [1.54, 1.807) is 32.9 Å². The number of nitrogens with zero attached hydrogens (tertiary/aromatic N) is 5. The van der Waals surface area contributed by atoms with E-state index < -0.39 is 35.3 Å². The lowest BCUT2D eigenvalue weighted by Gasteiger charge is -2.28. The molecular formula is C18H18BF2N7O2. The van der Waals surface area contributed by atoms with Crippen LogP contribution in [0.4, 0.5) is 19.4 Å². The van der Waals surface area contributed by atoms with Crippen LogP contribution in [0.2, 0.25) is 0 Å². The summed E-state index contributed by atoms with van der Waals surface area (Å²) in [6.07, 6.45) is 4.69. The van der Waals surface area contributed by atoms with Crippen molar-refractivity contribution in [2.24, 2.45) is 5.10 Å². The van der Waals surface area contributed by atoms with Crippen LogP contribution in [0.5, 0.6) is 0 Å². The minimum Gasteiger partial charge on any atom is -0.444 e. The fourth-order valence-corrected chi connectivity index (χ4v) is 2.93. The Kier molecular flexibility index (Phi) is 4.51. The zero-order valence-corrected chi connectivity index (χ0v) is 16.4. The number of aromatic nitrogens is 3. The molecule has 12 heteroatoms. The molecule has 0 saturated heterocycles. The molecule has 0 aromatic carbocycles. The van der Waals surface area contributed by atoms with Crippen LogP contribution >= 0.6 is 0 Å². The Bertz CT molecular complexity index is 1100. The number of anilines is 1. The van der Waals surface area contributed by atoms with Gasteiger partial charge in [0.2, 0.25) is 5.84 Å². The summed E-state index contributed by atoms with van der Waals surface area (Å²) in [4.78, 5) is 17.3. The van der Waals surface area contributed by atoms with Crippen LogP contribution in [0.3, 0.4) is 0 Å². The van der Waals surface area contributed by atoms with E-state index in [9.17, 15) is 4.79 Å². The Hall–Kier alpha value is -3.44. The van der Waals surface area contributed by atoms with Crippen molar-refractivity contribution in [3.05, 3.63) is 47.8 Å².